The molecule has 16 heavy (non-hydrogen) atoms. The average Bonchev–Trinajstić information content (AvgIpc) is 2.31. The molecule has 0 bridgehead atoms. The minimum Gasteiger partial charge on any atom is -0.329 e. The number of nitrogens with two attached hydrogens (primary N) is 1. The second kappa shape index (κ2) is 13.8. The van der Waals surface area contributed by atoms with Gasteiger partial charge < -0.3 is 15.8 Å². The van der Waals surface area contributed by atoms with Crippen LogP contribution in [0.5, 0.6) is 0 Å². The summed E-state index contributed by atoms with van der Waals surface area (Å²) in [5, 5.41) is 2.99. The molecular weight excluding hydrogens is 200 g/mol. The molecule has 1 atom stereocenters. The highest BCUT2D eigenvalue weighted by Crippen LogP contribution is 1.92. The molecule has 0 radical (unpaired) electrons. The molecule has 0 fully saturated rings. The Bertz CT molecular complexity index is 233. The van der Waals surface area contributed by atoms with Crippen molar-refractivity contribution < 1.29 is 4.79 Å². The summed E-state index contributed by atoms with van der Waals surface area (Å²) in [6, 6.07) is 10.7. The second-order valence-electron chi connectivity index (χ2n) is 3.32. The van der Waals surface area contributed by atoms with Crippen LogP contribution in [0.15, 0.2) is 30.3 Å². The Kier molecular flexibility index (Phi) is 14.9. The molecule has 0 spiro atoms. The number of nitrogens with one attached hydrogen (secondary N) is 1. The van der Waals surface area contributed by atoms with Crippen LogP contribution < -0.4 is 11.1 Å². The summed E-state index contributed by atoms with van der Waals surface area (Å²) in [6.45, 7) is 6.29. The van der Waals surface area contributed by atoms with Crippen LogP contribution in [-0.2, 0) is 4.79 Å². The Morgan fingerprint density at radius 3 is 1.94 bits per heavy atom. The van der Waals surface area contributed by atoms with Crippen LogP contribution in [-0.4, -0.2) is 25.9 Å². The molecule has 3 N–H and O–H groups in total. The Hall–Kier alpha value is -1.19. The summed E-state index contributed by atoms with van der Waals surface area (Å²) < 4.78 is 0. The number of hydrogen-bond acceptors (Lipinski definition) is 3. The Morgan fingerprint density at radius 2 is 1.81 bits per heavy atom. The topological polar surface area (TPSA) is 55.1 Å². The summed E-state index contributed by atoms with van der Waals surface area (Å²) >= 11 is 0. The monoisotopic (exact) mass is 224 g/mol. The van der Waals surface area contributed by atoms with Crippen molar-refractivity contribution >= 4 is 6.29 Å². The fourth-order valence-electron chi connectivity index (χ4n) is 0.652. The highest BCUT2D eigenvalue weighted by atomic mass is 16.1. The number of aldehydes is 1. The smallest absolute Gasteiger partial charge is 0.116 e. The van der Waals surface area contributed by atoms with Crippen molar-refractivity contribution in [3.05, 3.63) is 35.9 Å². The molecule has 0 amide bonds. The van der Waals surface area contributed by atoms with Crippen LogP contribution in [0, 0.1) is 6.92 Å². The van der Waals surface area contributed by atoms with Crippen molar-refractivity contribution in [2.75, 3.05) is 13.6 Å². The fraction of sp³-hybridized carbons (Fsp3) is 0.462. The number of likely N-dealkylation sites (N-methyl/N-ethyl adjacent to an activating group) is 1. The van der Waals surface area contributed by atoms with Gasteiger partial charge in [-0.15, -0.1) is 0 Å². The van der Waals surface area contributed by atoms with Crippen molar-refractivity contribution in [3.8, 4) is 0 Å². The van der Waals surface area contributed by atoms with Gasteiger partial charge in [0.1, 0.15) is 6.29 Å². The third-order valence-corrected chi connectivity index (χ3v) is 1.79. The lowest BCUT2D eigenvalue weighted by atomic mass is 10.2. The third-order valence-electron chi connectivity index (χ3n) is 1.79. The Labute approximate surface area is 99.0 Å². The second-order valence-corrected chi connectivity index (χ2v) is 3.32. The fourth-order valence-corrected chi connectivity index (χ4v) is 0.652. The van der Waals surface area contributed by atoms with E-state index in [0.717, 1.165) is 12.8 Å². The summed E-state index contributed by atoms with van der Waals surface area (Å²) in [4.78, 5) is 8.81. The molecular formula is C13H24N2O. The maximum absolute atomic E-state index is 8.81. The highest BCUT2D eigenvalue weighted by Gasteiger charge is 1.86. The van der Waals surface area contributed by atoms with Crippen LogP contribution >= 0.6 is 0 Å². The van der Waals surface area contributed by atoms with Crippen LogP contribution in [0.1, 0.15) is 19.4 Å². The van der Waals surface area contributed by atoms with E-state index in [-0.39, 0.29) is 0 Å². The van der Waals surface area contributed by atoms with Gasteiger partial charge in [0.25, 0.3) is 0 Å². The maximum atomic E-state index is 8.81. The number of aryl methyl sites for hydroxylation is 1. The van der Waals surface area contributed by atoms with Gasteiger partial charge in [-0.05, 0) is 27.8 Å². The van der Waals surface area contributed by atoms with Gasteiger partial charge in [-0.3, -0.25) is 0 Å². The van der Waals surface area contributed by atoms with E-state index in [9.17, 15) is 0 Å². The maximum Gasteiger partial charge on any atom is 0.116 e. The number of hydrogen-bond donors (Lipinski definition) is 2. The lowest BCUT2D eigenvalue weighted by Crippen LogP contribution is -2.29. The van der Waals surface area contributed by atoms with E-state index in [2.05, 4.69) is 24.4 Å². The zero-order valence-electron chi connectivity index (χ0n) is 10.7. The van der Waals surface area contributed by atoms with Gasteiger partial charge in [0.2, 0.25) is 0 Å². The minimum absolute atomic E-state index is 0.463. The van der Waals surface area contributed by atoms with E-state index < -0.39 is 0 Å². The largest absolute Gasteiger partial charge is 0.329 e. The van der Waals surface area contributed by atoms with Crippen molar-refractivity contribution in [1.29, 1.82) is 0 Å². The summed E-state index contributed by atoms with van der Waals surface area (Å²) in [7, 11) is 1.90. The molecule has 0 aromatic heterocycles. The first-order chi connectivity index (χ1) is 7.62. The van der Waals surface area contributed by atoms with Gasteiger partial charge in [-0.1, -0.05) is 35.9 Å². The molecule has 3 heteroatoms. The molecule has 0 saturated heterocycles. The normalized spacial score (nSPS) is 10.1. The standard InChI is InChI=1S/C7H8.C4H12N2.C2H4O/c1-7-5-3-2-4-6-7;1-4(3-5)6-2;1-2-3/h2-6H,1H3;4,6H,3,5H2,1-2H3;2H,1H3. The third kappa shape index (κ3) is 15.3. The predicted octanol–water partition coefficient (Wildman–Crippen LogP) is 1.75. The number of carbonyl (C=O) groups excluding carboxylic acids is 1. The average molecular weight is 224 g/mol. The SMILES string of the molecule is CC=O.CNC(C)CN.Cc1ccccc1. The number of carbonyl (C=O) groups is 1. The van der Waals surface area contributed by atoms with E-state index in [1.54, 1.807) is 0 Å². The lowest BCUT2D eigenvalue weighted by Gasteiger charge is -2.02. The molecule has 92 valence electrons. The first-order valence-corrected chi connectivity index (χ1v) is 5.41. The van der Waals surface area contributed by atoms with Crippen molar-refractivity contribution in [2.24, 2.45) is 5.73 Å². The Morgan fingerprint density at radius 1 is 1.38 bits per heavy atom. The van der Waals surface area contributed by atoms with Gasteiger partial charge in [-0.2, -0.15) is 0 Å². The zero-order chi connectivity index (χ0) is 12.8. The molecule has 0 aliphatic carbocycles. The zero-order valence-corrected chi connectivity index (χ0v) is 10.7. The summed E-state index contributed by atoms with van der Waals surface area (Å²) in [6.07, 6.45) is 0.750. The molecule has 0 aliphatic heterocycles. The number of rotatable bonds is 2. The first-order valence-electron chi connectivity index (χ1n) is 5.41. The van der Waals surface area contributed by atoms with Gasteiger partial charge in [0.05, 0.1) is 0 Å². The molecule has 1 aromatic rings. The predicted molar refractivity (Wildman–Crippen MR) is 70.5 cm³/mol. The molecule has 1 unspecified atom stereocenters. The molecule has 0 aliphatic rings. The summed E-state index contributed by atoms with van der Waals surface area (Å²) in [5.41, 5.74) is 6.54. The van der Waals surface area contributed by atoms with Crippen LogP contribution in [0.2, 0.25) is 0 Å². The molecule has 3 nitrogen and oxygen atoms in total. The quantitative estimate of drug-likeness (QED) is 0.753. The first kappa shape index (κ1) is 17.2. The lowest BCUT2D eigenvalue weighted by molar-refractivity contribution is -0.106. The van der Waals surface area contributed by atoms with E-state index in [1.807, 2.05) is 32.2 Å². The molecule has 1 rings (SSSR count). The van der Waals surface area contributed by atoms with Crippen molar-refractivity contribution in [2.45, 2.75) is 26.8 Å². The van der Waals surface area contributed by atoms with Crippen molar-refractivity contribution in [1.82, 2.24) is 5.32 Å². The van der Waals surface area contributed by atoms with E-state index in [1.165, 1.54) is 12.5 Å². The van der Waals surface area contributed by atoms with Gasteiger partial charge in [0, 0.05) is 12.6 Å². The van der Waals surface area contributed by atoms with Crippen LogP contribution in [0.3, 0.4) is 0 Å². The molecule has 0 heterocycles. The van der Waals surface area contributed by atoms with Crippen LogP contribution in [0.25, 0.3) is 0 Å². The van der Waals surface area contributed by atoms with Crippen molar-refractivity contribution in [3.63, 3.8) is 0 Å². The van der Waals surface area contributed by atoms with Gasteiger partial charge in [0.15, 0.2) is 0 Å². The highest BCUT2D eigenvalue weighted by molar-refractivity contribution is 5.44. The minimum atomic E-state index is 0.463. The van der Waals surface area contributed by atoms with Crippen LogP contribution in [0.4, 0.5) is 0 Å². The molecule has 1 aromatic carbocycles. The number of benzene rings is 1. The molecule has 0 saturated carbocycles. The van der Waals surface area contributed by atoms with E-state index in [0.29, 0.717) is 6.04 Å². The van der Waals surface area contributed by atoms with Gasteiger partial charge >= 0.3 is 0 Å². The Balaban J connectivity index is 0. The van der Waals surface area contributed by atoms with E-state index >= 15 is 0 Å². The van der Waals surface area contributed by atoms with E-state index in [4.69, 9.17) is 10.5 Å². The summed E-state index contributed by atoms with van der Waals surface area (Å²) in [5.74, 6) is 0. The van der Waals surface area contributed by atoms with Gasteiger partial charge in [-0.25, -0.2) is 0 Å².